The highest BCUT2D eigenvalue weighted by Crippen LogP contribution is 2.37. The van der Waals surface area contributed by atoms with Gasteiger partial charge in [-0.1, -0.05) is 20.8 Å². The van der Waals surface area contributed by atoms with Gasteiger partial charge < -0.3 is 10.6 Å². The number of rotatable bonds is 1. The van der Waals surface area contributed by atoms with Crippen molar-refractivity contribution >= 4 is 5.69 Å². The first kappa shape index (κ1) is 16.1. The Morgan fingerprint density at radius 1 is 1.24 bits per heavy atom. The van der Waals surface area contributed by atoms with Gasteiger partial charge in [0.05, 0.1) is 5.92 Å². The topological polar surface area (TPSA) is 42.2 Å². The summed E-state index contributed by atoms with van der Waals surface area (Å²) in [6.07, 6.45) is -0.855. The zero-order chi connectivity index (χ0) is 15.8. The van der Waals surface area contributed by atoms with Crippen molar-refractivity contribution < 1.29 is 13.2 Å². The van der Waals surface area contributed by atoms with Gasteiger partial charge in [-0.25, -0.2) is 0 Å². The quantitative estimate of drug-likeness (QED) is 0.866. The average molecular weight is 301 g/mol. The number of alkyl halides is 3. The number of nitrogens with zero attached hydrogens (tertiary/aromatic N) is 2. The second kappa shape index (κ2) is 5.48. The lowest BCUT2D eigenvalue weighted by Crippen LogP contribution is -2.51. The molecule has 0 spiro atoms. The van der Waals surface area contributed by atoms with E-state index in [-0.39, 0.29) is 18.4 Å². The number of halogens is 3. The lowest BCUT2D eigenvalue weighted by molar-refractivity contribution is -0.177. The number of aromatic nitrogens is 1. The lowest BCUT2D eigenvalue weighted by atomic mass is 9.85. The summed E-state index contributed by atoms with van der Waals surface area (Å²) in [5, 5.41) is 0. The van der Waals surface area contributed by atoms with Crippen LogP contribution in [0, 0.1) is 5.92 Å². The van der Waals surface area contributed by atoms with Gasteiger partial charge in [-0.3, -0.25) is 4.98 Å². The van der Waals surface area contributed by atoms with Crippen molar-refractivity contribution in [3.63, 3.8) is 0 Å². The number of piperidine rings is 1. The smallest absolute Gasteiger partial charge is 0.369 e. The Hall–Kier alpha value is -1.30. The molecule has 21 heavy (non-hydrogen) atoms. The predicted molar refractivity (Wildman–Crippen MR) is 77.3 cm³/mol. The minimum atomic E-state index is -4.20. The van der Waals surface area contributed by atoms with E-state index in [9.17, 15) is 13.2 Å². The van der Waals surface area contributed by atoms with Crippen LogP contribution in [-0.2, 0) is 5.41 Å². The Morgan fingerprint density at radius 2 is 1.90 bits per heavy atom. The molecule has 0 aliphatic carbocycles. The van der Waals surface area contributed by atoms with Crippen molar-refractivity contribution in [3.8, 4) is 0 Å². The van der Waals surface area contributed by atoms with Crippen LogP contribution in [-0.4, -0.2) is 30.3 Å². The van der Waals surface area contributed by atoms with E-state index in [0.717, 1.165) is 11.3 Å². The standard InChI is InChI=1S/C15H22F3N3/c1-14(2,3)12-7-20-5-4-13(12)21-8-10(15(16,17)18)6-11(19)9-21/h4-5,7,10-11H,6,8-9,19H2,1-3H3. The minimum absolute atomic E-state index is 0.00403. The summed E-state index contributed by atoms with van der Waals surface area (Å²) in [7, 11) is 0. The molecule has 0 radical (unpaired) electrons. The molecule has 2 rings (SSSR count). The molecule has 2 heterocycles. The van der Waals surface area contributed by atoms with Crippen molar-refractivity contribution in [2.45, 2.75) is 44.8 Å². The molecule has 3 nitrogen and oxygen atoms in total. The predicted octanol–water partition coefficient (Wildman–Crippen LogP) is 3.10. The zero-order valence-corrected chi connectivity index (χ0v) is 12.6. The van der Waals surface area contributed by atoms with Gasteiger partial charge in [0.2, 0.25) is 0 Å². The molecule has 1 aliphatic rings. The van der Waals surface area contributed by atoms with Crippen LogP contribution in [0.5, 0.6) is 0 Å². The second-order valence-corrected chi connectivity index (χ2v) is 6.78. The molecule has 1 aromatic rings. The van der Waals surface area contributed by atoms with Gasteiger partial charge >= 0.3 is 6.18 Å². The van der Waals surface area contributed by atoms with Gasteiger partial charge in [-0.15, -0.1) is 0 Å². The molecule has 1 aromatic heterocycles. The summed E-state index contributed by atoms with van der Waals surface area (Å²) < 4.78 is 39.1. The minimum Gasteiger partial charge on any atom is -0.369 e. The Balaban J connectivity index is 2.34. The molecule has 2 atom stereocenters. The normalized spacial score (nSPS) is 24.2. The Kier molecular flexibility index (Phi) is 4.19. The largest absolute Gasteiger partial charge is 0.393 e. The summed E-state index contributed by atoms with van der Waals surface area (Å²) in [5.41, 5.74) is 7.42. The molecule has 2 unspecified atom stereocenters. The fraction of sp³-hybridized carbons (Fsp3) is 0.667. The molecule has 1 aliphatic heterocycles. The number of pyridine rings is 1. The Labute approximate surface area is 123 Å². The third-order valence-electron chi connectivity index (χ3n) is 3.89. The Bertz CT molecular complexity index is 494. The third kappa shape index (κ3) is 3.67. The summed E-state index contributed by atoms with van der Waals surface area (Å²) in [6.45, 7) is 6.49. The number of anilines is 1. The highest BCUT2D eigenvalue weighted by atomic mass is 19.4. The monoisotopic (exact) mass is 301 g/mol. The van der Waals surface area contributed by atoms with Crippen LogP contribution in [0.15, 0.2) is 18.5 Å². The maximum absolute atomic E-state index is 13.0. The molecule has 6 heteroatoms. The van der Waals surface area contributed by atoms with E-state index in [0.29, 0.717) is 6.54 Å². The average Bonchev–Trinajstić information content (AvgIpc) is 2.36. The number of nitrogens with two attached hydrogens (primary N) is 1. The van der Waals surface area contributed by atoms with E-state index in [1.54, 1.807) is 23.4 Å². The van der Waals surface area contributed by atoms with Gasteiger partial charge in [0.15, 0.2) is 0 Å². The highest BCUT2D eigenvalue weighted by Gasteiger charge is 2.44. The zero-order valence-electron chi connectivity index (χ0n) is 12.6. The van der Waals surface area contributed by atoms with Crippen LogP contribution in [0.25, 0.3) is 0 Å². The molecule has 0 saturated carbocycles. The van der Waals surface area contributed by atoms with Crippen molar-refractivity contribution in [3.05, 3.63) is 24.0 Å². The first-order valence-electron chi connectivity index (χ1n) is 7.11. The molecular weight excluding hydrogens is 279 g/mol. The fourth-order valence-corrected chi connectivity index (χ4v) is 2.81. The van der Waals surface area contributed by atoms with Crippen LogP contribution in [0.2, 0.25) is 0 Å². The maximum Gasteiger partial charge on any atom is 0.393 e. The van der Waals surface area contributed by atoms with Gasteiger partial charge in [-0.05, 0) is 23.5 Å². The molecule has 0 bridgehead atoms. The maximum atomic E-state index is 13.0. The first-order chi connectivity index (χ1) is 9.59. The molecule has 118 valence electrons. The molecule has 1 fully saturated rings. The molecule has 0 aromatic carbocycles. The van der Waals surface area contributed by atoms with E-state index < -0.39 is 18.1 Å². The van der Waals surface area contributed by atoms with Gasteiger partial charge in [0.25, 0.3) is 0 Å². The van der Waals surface area contributed by atoms with Gasteiger partial charge in [-0.2, -0.15) is 13.2 Å². The number of hydrogen-bond donors (Lipinski definition) is 1. The number of hydrogen-bond acceptors (Lipinski definition) is 3. The highest BCUT2D eigenvalue weighted by molar-refractivity contribution is 5.55. The van der Waals surface area contributed by atoms with Crippen LogP contribution >= 0.6 is 0 Å². The molecular formula is C15H22F3N3. The van der Waals surface area contributed by atoms with Gasteiger partial charge in [0, 0.05) is 37.2 Å². The lowest BCUT2D eigenvalue weighted by Gasteiger charge is -2.40. The van der Waals surface area contributed by atoms with Gasteiger partial charge in [0.1, 0.15) is 0 Å². The van der Waals surface area contributed by atoms with E-state index in [1.165, 1.54) is 0 Å². The van der Waals surface area contributed by atoms with E-state index in [2.05, 4.69) is 4.98 Å². The molecule has 2 N–H and O–H groups in total. The van der Waals surface area contributed by atoms with E-state index in [4.69, 9.17) is 5.73 Å². The summed E-state index contributed by atoms with van der Waals surface area (Å²) in [4.78, 5) is 5.87. The van der Waals surface area contributed by atoms with Crippen molar-refractivity contribution in [1.29, 1.82) is 0 Å². The summed E-state index contributed by atoms with van der Waals surface area (Å²) in [5.74, 6) is -1.37. The fourth-order valence-electron chi connectivity index (χ4n) is 2.81. The molecule has 1 saturated heterocycles. The van der Waals surface area contributed by atoms with Crippen molar-refractivity contribution in [2.24, 2.45) is 11.7 Å². The van der Waals surface area contributed by atoms with Crippen LogP contribution in [0.1, 0.15) is 32.8 Å². The van der Waals surface area contributed by atoms with Crippen molar-refractivity contribution in [1.82, 2.24) is 4.98 Å². The molecule has 0 amide bonds. The summed E-state index contributed by atoms with van der Waals surface area (Å²) >= 11 is 0. The summed E-state index contributed by atoms with van der Waals surface area (Å²) in [6, 6.07) is 1.32. The van der Waals surface area contributed by atoms with E-state index in [1.807, 2.05) is 20.8 Å². The second-order valence-electron chi connectivity index (χ2n) is 6.78. The SMILES string of the molecule is CC(C)(C)c1cnccc1N1CC(N)CC(C(F)(F)F)C1. The van der Waals surface area contributed by atoms with Crippen molar-refractivity contribution in [2.75, 3.05) is 18.0 Å². The third-order valence-corrected chi connectivity index (χ3v) is 3.89. The van der Waals surface area contributed by atoms with Crippen LogP contribution in [0.4, 0.5) is 18.9 Å². The first-order valence-corrected chi connectivity index (χ1v) is 7.11. The van der Waals surface area contributed by atoms with Crippen LogP contribution in [0.3, 0.4) is 0 Å². The van der Waals surface area contributed by atoms with E-state index >= 15 is 0 Å². The Morgan fingerprint density at radius 3 is 2.48 bits per heavy atom. The van der Waals surface area contributed by atoms with Crippen LogP contribution < -0.4 is 10.6 Å².